The molecular formula is C18H31N5. The molecule has 2 heterocycles. The zero-order valence-electron chi connectivity index (χ0n) is 14.7. The molecule has 0 spiro atoms. The molecule has 0 atom stereocenters. The number of aromatic nitrogens is 2. The van der Waals surface area contributed by atoms with Crippen LogP contribution in [0.25, 0.3) is 0 Å². The third kappa shape index (κ3) is 4.56. The van der Waals surface area contributed by atoms with Gasteiger partial charge in [-0.1, -0.05) is 12.8 Å². The van der Waals surface area contributed by atoms with Crippen molar-refractivity contribution in [1.82, 2.24) is 14.9 Å². The topological polar surface area (TPSA) is 44.3 Å². The summed E-state index contributed by atoms with van der Waals surface area (Å²) in [5, 5.41) is 3.39. The normalized spacial score (nSPS) is 20.8. The van der Waals surface area contributed by atoms with Crippen LogP contribution in [0.15, 0.2) is 12.3 Å². The van der Waals surface area contributed by atoms with E-state index in [1.54, 1.807) is 0 Å². The largest absolute Gasteiger partial charge is 0.363 e. The van der Waals surface area contributed by atoms with Gasteiger partial charge in [-0.05, 0) is 57.2 Å². The fourth-order valence-corrected chi connectivity index (χ4v) is 3.95. The van der Waals surface area contributed by atoms with Crippen LogP contribution in [-0.2, 0) is 0 Å². The number of likely N-dealkylation sites (tertiary alicyclic amines) is 1. The monoisotopic (exact) mass is 317 g/mol. The lowest BCUT2D eigenvalue weighted by atomic mass is 9.92. The Morgan fingerprint density at radius 2 is 1.91 bits per heavy atom. The van der Waals surface area contributed by atoms with Gasteiger partial charge in [-0.2, -0.15) is 4.98 Å². The van der Waals surface area contributed by atoms with Crippen molar-refractivity contribution in [2.24, 2.45) is 5.92 Å². The number of nitrogens with zero attached hydrogens (tertiary/aromatic N) is 4. The van der Waals surface area contributed by atoms with Crippen LogP contribution in [0.3, 0.4) is 0 Å². The Kier molecular flexibility index (Phi) is 5.70. The average molecular weight is 317 g/mol. The quantitative estimate of drug-likeness (QED) is 0.874. The molecule has 0 bridgehead atoms. The standard InChI is InChI=1S/C18H31N5/c1-22(2)17-8-12-20-18(21-17)19-11-7-15-9-13-23(14-10-15)16-5-3-4-6-16/h8,12,15-16H,3-7,9-11,13-14H2,1-2H3,(H,19,20,21). The molecule has 5 heteroatoms. The van der Waals surface area contributed by atoms with Gasteiger partial charge in [0.2, 0.25) is 5.95 Å². The zero-order chi connectivity index (χ0) is 16.1. The first-order valence-corrected chi connectivity index (χ1v) is 9.20. The smallest absolute Gasteiger partial charge is 0.224 e. The molecule has 2 fully saturated rings. The van der Waals surface area contributed by atoms with Gasteiger partial charge in [-0.15, -0.1) is 0 Å². The van der Waals surface area contributed by atoms with E-state index in [9.17, 15) is 0 Å². The first-order chi connectivity index (χ1) is 11.2. The van der Waals surface area contributed by atoms with Crippen LogP contribution in [0.2, 0.25) is 0 Å². The third-order valence-corrected chi connectivity index (χ3v) is 5.42. The highest BCUT2D eigenvalue weighted by molar-refractivity contribution is 5.40. The van der Waals surface area contributed by atoms with Crippen molar-refractivity contribution < 1.29 is 0 Å². The van der Waals surface area contributed by atoms with Gasteiger partial charge in [0.1, 0.15) is 5.82 Å². The Bertz CT molecular complexity index is 476. The summed E-state index contributed by atoms with van der Waals surface area (Å²) >= 11 is 0. The second-order valence-electron chi connectivity index (χ2n) is 7.27. The number of nitrogens with one attached hydrogen (secondary N) is 1. The molecule has 5 nitrogen and oxygen atoms in total. The van der Waals surface area contributed by atoms with Gasteiger partial charge in [0.05, 0.1) is 0 Å². The minimum absolute atomic E-state index is 0.750. The lowest BCUT2D eigenvalue weighted by Gasteiger charge is -2.36. The van der Waals surface area contributed by atoms with Crippen molar-refractivity contribution in [2.75, 3.05) is 43.9 Å². The van der Waals surface area contributed by atoms with Gasteiger partial charge < -0.3 is 15.1 Å². The van der Waals surface area contributed by atoms with Crippen LogP contribution in [0.1, 0.15) is 44.9 Å². The van der Waals surface area contributed by atoms with Crippen LogP contribution >= 0.6 is 0 Å². The van der Waals surface area contributed by atoms with Gasteiger partial charge in [-0.25, -0.2) is 4.98 Å². The van der Waals surface area contributed by atoms with Crippen molar-refractivity contribution in [2.45, 2.75) is 51.0 Å². The Labute approximate surface area is 140 Å². The highest BCUT2D eigenvalue weighted by Gasteiger charge is 2.26. The summed E-state index contributed by atoms with van der Waals surface area (Å²) in [5.41, 5.74) is 0. The van der Waals surface area contributed by atoms with Crippen LogP contribution in [0.5, 0.6) is 0 Å². The minimum Gasteiger partial charge on any atom is -0.363 e. The summed E-state index contributed by atoms with van der Waals surface area (Å²) in [4.78, 5) is 13.6. The number of hydrogen-bond acceptors (Lipinski definition) is 5. The summed E-state index contributed by atoms with van der Waals surface area (Å²) in [6.45, 7) is 3.59. The Morgan fingerprint density at radius 3 is 2.61 bits per heavy atom. The van der Waals surface area contributed by atoms with Gasteiger partial charge in [-0.3, -0.25) is 0 Å². The molecule has 0 radical (unpaired) electrons. The summed E-state index contributed by atoms with van der Waals surface area (Å²) in [6.07, 6.45) is 11.5. The van der Waals surface area contributed by atoms with Crippen molar-refractivity contribution >= 4 is 11.8 Å². The predicted molar refractivity (Wildman–Crippen MR) is 96.0 cm³/mol. The summed E-state index contributed by atoms with van der Waals surface area (Å²) in [6, 6.07) is 2.83. The van der Waals surface area contributed by atoms with Gasteiger partial charge in [0.25, 0.3) is 0 Å². The van der Waals surface area contributed by atoms with E-state index in [0.717, 1.165) is 30.3 Å². The molecule has 128 valence electrons. The lowest BCUT2D eigenvalue weighted by Crippen LogP contribution is -2.40. The van der Waals surface area contributed by atoms with Crippen LogP contribution in [0.4, 0.5) is 11.8 Å². The van der Waals surface area contributed by atoms with E-state index in [-0.39, 0.29) is 0 Å². The molecule has 3 rings (SSSR count). The highest BCUT2D eigenvalue weighted by atomic mass is 15.2. The fraction of sp³-hybridized carbons (Fsp3) is 0.778. The Morgan fingerprint density at radius 1 is 1.17 bits per heavy atom. The number of rotatable bonds is 6. The number of hydrogen-bond donors (Lipinski definition) is 1. The second-order valence-corrected chi connectivity index (χ2v) is 7.27. The lowest BCUT2D eigenvalue weighted by molar-refractivity contribution is 0.132. The van der Waals surface area contributed by atoms with Crippen molar-refractivity contribution in [3.8, 4) is 0 Å². The Hall–Kier alpha value is -1.36. The van der Waals surface area contributed by atoms with Gasteiger partial charge in [0.15, 0.2) is 0 Å². The number of anilines is 2. The summed E-state index contributed by atoms with van der Waals surface area (Å²) in [5.74, 6) is 2.56. The molecule has 0 amide bonds. The van der Waals surface area contributed by atoms with E-state index in [4.69, 9.17) is 0 Å². The minimum atomic E-state index is 0.750. The SMILES string of the molecule is CN(C)c1ccnc(NCCC2CCN(C3CCCC3)CC2)n1. The van der Waals surface area contributed by atoms with Crippen LogP contribution < -0.4 is 10.2 Å². The molecule has 1 aliphatic heterocycles. The van der Waals surface area contributed by atoms with Crippen molar-refractivity contribution in [1.29, 1.82) is 0 Å². The fourth-order valence-electron chi connectivity index (χ4n) is 3.95. The molecule has 1 aromatic heterocycles. The van der Waals surface area contributed by atoms with E-state index in [1.807, 2.05) is 31.3 Å². The maximum Gasteiger partial charge on any atom is 0.224 e. The van der Waals surface area contributed by atoms with E-state index >= 15 is 0 Å². The van der Waals surface area contributed by atoms with Crippen LogP contribution in [0, 0.1) is 5.92 Å². The summed E-state index contributed by atoms with van der Waals surface area (Å²) in [7, 11) is 4.01. The van der Waals surface area contributed by atoms with E-state index < -0.39 is 0 Å². The number of piperidine rings is 1. The van der Waals surface area contributed by atoms with E-state index in [2.05, 4.69) is 20.2 Å². The highest BCUT2D eigenvalue weighted by Crippen LogP contribution is 2.28. The predicted octanol–water partition coefficient (Wildman–Crippen LogP) is 3.00. The average Bonchev–Trinajstić information content (AvgIpc) is 3.10. The second kappa shape index (κ2) is 7.95. The van der Waals surface area contributed by atoms with Gasteiger partial charge in [0, 0.05) is 32.9 Å². The molecule has 1 saturated carbocycles. The first-order valence-electron chi connectivity index (χ1n) is 9.20. The molecule has 1 saturated heterocycles. The molecule has 1 N–H and O–H groups in total. The molecule has 0 unspecified atom stereocenters. The molecular weight excluding hydrogens is 286 g/mol. The van der Waals surface area contributed by atoms with E-state index in [0.29, 0.717) is 0 Å². The molecule has 1 aliphatic carbocycles. The molecule has 2 aliphatic rings. The first kappa shape index (κ1) is 16.5. The van der Waals surface area contributed by atoms with E-state index in [1.165, 1.54) is 58.0 Å². The molecule has 0 aromatic carbocycles. The maximum absolute atomic E-state index is 4.51. The summed E-state index contributed by atoms with van der Waals surface area (Å²) < 4.78 is 0. The molecule has 23 heavy (non-hydrogen) atoms. The maximum atomic E-state index is 4.51. The third-order valence-electron chi connectivity index (χ3n) is 5.42. The van der Waals surface area contributed by atoms with Gasteiger partial charge >= 0.3 is 0 Å². The Balaban J connectivity index is 1.37. The van der Waals surface area contributed by atoms with Crippen molar-refractivity contribution in [3.05, 3.63) is 12.3 Å². The zero-order valence-corrected chi connectivity index (χ0v) is 14.7. The van der Waals surface area contributed by atoms with Crippen molar-refractivity contribution in [3.63, 3.8) is 0 Å². The van der Waals surface area contributed by atoms with Crippen LogP contribution in [-0.4, -0.2) is 54.6 Å². The molecule has 1 aromatic rings.